The first-order chi connectivity index (χ1) is 16.4. The molecule has 1 heterocycles. The summed E-state index contributed by atoms with van der Waals surface area (Å²) in [6, 6.07) is 21.6. The van der Waals surface area contributed by atoms with Crippen molar-refractivity contribution in [3.8, 4) is 5.75 Å². The van der Waals surface area contributed by atoms with Crippen molar-refractivity contribution >= 4 is 52.2 Å². The number of carbonyl (C=O) groups excluding carboxylic acids is 3. The van der Waals surface area contributed by atoms with E-state index < -0.39 is 0 Å². The number of hydrogen-bond donors (Lipinski definition) is 1. The van der Waals surface area contributed by atoms with E-state index in [2.05, 4.69) is 5.32 Å². The third-order valence-electron chi connectivity index (χ3n) is 5.05. The summed E-state index contributed by atoms with van der Waals surface area (Å²) in [6.45, 7) is 1.94. The minimum Gasteiger partial charge on any atom is -0.483 e. The Morgan fingerprint density at radius 3 is 2.50 bits per heavy atom. The van der Waals surface area contributed by atoms with Gasteiger partial charge in [-0.2, -0.15) is 0 Å². The molecule has 1 fully saturated rings. The number of para-hydroxylation sites is 2. The predicted octanol–water partition coefficient (Wildman–Crippen LogP) is 5.90. The van der Waals surface area contributed by atoms with Gasteiger partial charge in [-0.3, -0.25) is 19.3 Å². The molecule has 0 aliphatic carbocycles. The number of halogens is 1. The summed E-state index contributed by atoms with van der Waals surface area (Å²) in [6.07, 6.45) is 1.61. The molecule has 1 N–H and O–H groups in total. The van der Waals surface area contributed by atoms with Crippen LogP contribution < -0.4 is 10.1 Å². The van der Waals surface area contributed by atoms with Crippen LogP contribution in [0.1, 0.15) is 16.7 Å². The van der Waals surface area contributed by atoms with Crippen LogP contribution >= 0.6 is 23.4 Å². The maximum Gasteiger partial charge on any atom is 0.293 e. The van der Waals surface area contributed by atoms with E-state index in [0.29, 0.717) is 26.9 Å². The van der Waals surface area contributed by atoms with Crippen LogP contribution in [0.5, 0.6) is 5.75 Å². The van der Waals surface area contributed by atoms with Gasteiger partial charge in [-0.1, -0.05) is 71.8 Å². The van der Waals surface area contributed by atoms with E-state index in [-0.39, 0.29) is 30.2 Å². The molecule has 172 valence electrons. The Bertz CT molecular complexity index is 1270. The number of carbonyl (C=O) groups is 3. The van der Waals surface area contributed by atoms with Gasteiger partial charge in [-0.05, 0) is 48.5 Å². The average molecular weight is 493 g/mol. The summed E-state index contributed by atoms with van der Waals surface area (Å²) in [7, 11) is 0. The number of ether oxygens (including phenoxy) is 1. The van der Waals surface area contributed by atoms with Crippen molar-refractivity contribution in [1.29, 1.82) is 0 Å². The van der Waals surface area contributed by atoms with Gasteiger partial charge in [0.2, 0.25) is 0 Å². The van der Waals surface area contributed by atoms with Crippen molar-refractivity contribution in [2.45, 2.75) is 13.5 Å². The van der Waals surface area contributed by atoms with Crippen LogP contribution in [0, 0.1) is 6.92 Å². The van der Waals surface area contributed by atoms with Gasteiger partial charge in [0, 0.05) is 5.56 Å². The first-order valence-corrected chi connectivity index (χ1v) is 11.7. The van der Waals surface area contributed by atoms with E-state index in [4.69, 9.17) is 16.3 Å². The highest BCUT2D eigenvalue weighted by Crippen LogP contribution is 2.35. The molecule has 0 radical (unpaired) electrons. The number of rotatable bonds is 7. The van der Waals surface area contributed by atoms with Gasteiger partial charge in [0.25, 0.3) is 17.1 Å². The van der Waals surface area contributed by atoms with E-state index in [1.54, 1.807) is 54.6 Å². The second-order valence-corrected chi connectivity index (χ2v) is 9.01. The van der Waals surface area contributed by atoms with Gasteiger partial charge in [-0.25, -0.2) is 0 Å². The molecule has 0 bridgehead atoms. The average Bonchev–Trinajstić information content (AvgIpc) is 3.08. The molecule has 0 atom stereocenters. The van der Waals surface area contributed by atoms with E-state index in [0.717, 1.165) is 22.9 Å². The van der Waals surface area contributed by atoms with E-state index >= 15 is 0 Å². The molecule has 0 unspecified atom stereocenters. The van der Waals surface area contributed by atoms with Crippen LogP contribution in [0.2, 0.25) is 5.02 Å². The van der Waals surface area contributed by atoms with E-state index in [1.165, 1.54) is 4.90 Å². The zero-order chi connectivity index (χ0) is 24.1. The number of imide groups is 1. The summed E-state index contributed by atoms with van der Waals surface area (Å²) in [5.74, 6) is -0.315. The molecule has 3 aromatic carbocycles. The molecule has 34 heavy (non-hydrogen) atoms. The summed E-state index contributed by atoms with van der Waals surface area (Å²) in [5.41, 5.74) is 3.07. The standard InChI is InChI=1S/C26H21ClN2O4S/c1-17-10-12-18(13-11-17)15-29-25(31)23(34-26(29)32)14-19-6-2-5-9-22(19)33-16-24(30)28-21-8-4-3-7-20(21)27/h2-14H,15-16H2,1H3,(H,28,30)/b23-14-. The van der Waals surface area contributed by atoms with E-state index in [1.807, 2.05) is 31.2 Å². The molecule has 6 nitrogen and oxygen atoms in total. The first kappa shape index (κ1) is 23.6. The first-order valence-electron chi connectivity index (χ1n) is 10.5. The Hall–Kier alpha value is -3.55. The molecule has 3 aromatic rings. The molecule has 1 aliphatic heterocycles. The van der Waals surface area contributed by atoms with Gasteiger partial charge in [-0.15, -0.1) is 0 Å². The topological polar surface area (TPSA) is 75.7 Å². The second-order valence-electron chi connectivity index (χ2n) is 7.61. The second kappa shape index (κ2) is 10.6. The van der Waals surface area contributed by atoms with Gasteiger partial charge >= 0.3 is 0 Å². The monoisotopic (exact) mass is 492 g/mol. The lowest BCUT2D eigenvalue weighted by atomic mass is 10.1. The third kappa shape index (κ3) is 5.68. The number of aryl methyl sites for hydroxylation is 1. The molecule has 0 saturated carbocycles. The highest BCUT2D eigenvalue weighted by Gasteiger charge is 2.35. The number of nitrogens with one attached hydrogen (secondary N) is 1. The zero-order valence-corrected chi connectivity index (χ0v) is 19.9. The SMILES string of the molecule is Cc1ccc(CN2C(=O)S/C(=C\c3ccccc3OCC(=O)Nc3ccccc3Cl)C2=O)cc1. The van der Waals surface area contributed by atoms with Crippen molar-refractivity contribution in [2.75, 3.05) is 11.9 Å². The van der Waals surface area contributed by atoms with Crippen LogP contribution in [0.15, 0.2) is 77.7 Å². The summed E-state index contributed by atoms with van der Waals surface area (Å²) in [5, 5.41) is 2.80. The Morgan fingerprint density at radius 1 is 1.03 bits per heavy atom. The minimum absolute atomic E-state index is 0.211. The van der Waals surface area contributed by atoms with Crippen LogP contribution in [-0.2, 0) is 16.1 Å². The number of amides is 3. The van der Waals surface area contributed by atoms with Crippen LogP contribution in [-0.4, -0.2) is 28.6 Å². The fourth-order valence-corrected chi connectivity index (χ4v) is 4.29. The smallest absolute Gasteiger partial charge is 0.293 e. The Morgan fingerprint density at radius 2 is 1.74 bits per heavy atom. The lowest BCUT2D eigenvalue weighted by molar-refractivity contribution is -0.123. The van der Waals surface area contributed by atoms with Crippen LogP contribution in [0.3, 0.4) is 0 Å². The Labute approximate surface area is 206 Å². The van der Waals surface area contributed by atoms with Gasteiger partial charge < -0.3 is 10.1 Å². The largest absolute Gasteiger partial charge is 0.483 e. The molecule has 1 aliphatic rings. The molecular formula is C26H21ClN2O4S. The maximum atomic E-state index is 12.9. The molecule has 0 spiro atoms. The van der Waals surface area contributed by atoms with Gasteiger partial charge in [0.15, 0.2) is 6.61 Å². The van der Waals surface area contributed by atoms with Crippen molar-refractivity contribution < 1.29 is 19.1 Å². The molecule has 4 rings (SSSR count). The lowest BCUT2D eigenvalue weighted by Gasteiger charge is -2.12. The molecule has 0 aromatic heterocycles. The number of benzene rings is 3. The summed E-state index contributed by atoms with van der Waals surface area (Å²) >= 11 is 6.96. The maximum absolute atomic E-state index is 12.9. The normalized spacial score (nSPS) is 14.5. The number of anilines is 1. The summed E-state index contributed by atoms with van der Waals surface area (Å²) in [4.78, 5) is 39.2. The Kier molecular flexibility index (Phi) is 7.35. The van der Waals surface area contributed by atoms with Crippen LogP contribution in [0.25, 0.3) is 6.08 Å². The molecular weight excluding hydrogens is 472 g/mol. The van der Waals surface area contributed by atoms with Crippen LogP contribution in [0.4, 0.5) is 10.5 Å². The summed E-state index contributed by atoms with van der Waals surface area (Å²) < 4.78 is 5.70. The molecule has 1 saturated heterocycles. The van der Waals surface area contributed by atoms with Crippen molar-refractivity contribution in [3.63, 3.8) is 0 Å². The third-order valence-corrected chi connectivity index (χ3v) is 6.28. The van der Waals surface area contributed by atoms with Crippen molar-refractivity contribution in [2.24, 2.45) is 0 Å². The lowest BCUT2D eigenvalue weighted by Crippen LogP contribution is -2.27. The molecule has 8 heteroatoms. The number of hydrogen-bond acceptors (Lipinski definition) is 5. The predicted molar refractivity (Wildman–Crippen MR) is 135 cm³/mol. The van der Waals surface area contributed by atoms with Gasteiger partial charge in [0.05, 0.1) is 22.2 Å². The minimum atomic E-state index is -0.374. The highest BCUT2D eigenvalue weighted by molar-refractivity contribution is 8.18. The van der Waals surface area contributed by atoms with E-state index in [9.17, 15) is 14.4 Å². The molecule has 3 amide bonds. The van der Waals surface area contributed by atoms with Gasteiger partial charge in [0.1, 0.15) is 5.75 Å². The van der Waals surface area contributed by atoms with Crippen molar-refractivity contribution in [1.82, 2.24) is 4.90 Å². The fourth-order valence-electron chi connectivity index (χ4n) is 3.28. The van der Waals surface area contributed by atoms with Crippen molar-refractivity contribution in [3.05, 3.63) is 99.4 Å². The number of thioether (sulfide) groups is 1. The quantitative estimate of drug-likeness (QED) is 0.415. The number of nitrogens with zero attached hydrogens (tertiary/aromatic N) is 1. The highest BCUT2D eigenvalue weighted by atomic mass is 35.5. The zero-order valence-electron chi connectivity index (χ0n) is 18.3. The fraction of sp³-hybridized carbons (Fsp3) is 0.115. The Balaban J connectivity index is 1.44.